The van der Waals surface area contributed by atoms with E-state index in [1.54, 1.807) is 16.7 Å². The molecule has 0 radical (unpaired) electrons. The van der Waals surface area contributed by atoms with Crippen molar-refractivity contribution in [3.63, 3.8) is 0 Å². The Bertz CT molecular complexity index is 979. The van der Waals surface area contributed by atoms with Crippen molar-refractivity contribution in [1.29, 1.82) is 0 Å². The molecule has 0 N–H and O–H groups in total. The average molecular weight is 406 g/mol. The molecule has 0 spiro atoms. The molecule has 0 bridgehead atoms. The Hall–Kier alpha value is -2.79. The van der Waals surface area contributed by atoms with Gasteiger partial charge in [0.05, 0.1) is 11.3 Å². The quantitative estimate of drug-likeness (QED) is 0.506. The minimum Gasteiger partial charge on any atom is -0.456 e. The van der Waals surface area contributed by atoms with Gasteiger partial charge in [0.1, 0.15) is 12.3 Å². The predicted octanol–water partition coefficient (Wildman–Crippen LogP) is 4.90. The molecule has 29 heavy (non-hydrogen) atoms. The third-order valence-electron chi connectivity index (χ3n) is 5.23. The third-order valence-corrected chi connectivity index (χ3v) is 6.59. The van der Waals surface area contributed by atoms with Crippen LogP contribution in [0.1, 0.15) is 30.0 Å². The first-order valence-electron chi connectivity index (χ1n) is 9.78. The minimum atomic E-state index is -0.449. The minimum absolute atomic E-state index is 0.00963. The van der Waals surface area contributed by atoms with E-state index >= 15 is 0 Å². The lowest BCUT2D eigenvalue weighted by atomic mass is 9.94. The smallest absolute Gasteiger partial charge is 0.356 e. The van der Waals surface area contributed by atoms with Gasteiger partial charge in [-0.3, -0.25) is 9.69 Å². The Labute approximate surface area is 175 Å². The number of nitrogens with zero attached hydrogens (tertiary/aromatic N) is 1. The first-order valence-corrected chi connectivity index (χ1v) is 10.7. The van der Waals surface area contributed by atoms with E-state index in [9.17, 15) is 9.59 Å². The molecule has 148 valence electrons. The van der Waals surface area contributed by atoms with Crippen LogP contribution in [0.5, 0.6) is 0 Å². The largest absolute Gasteiger partial charge is 0.456 e. The second-order valence-electron chi connectivity index (χ2n) is 7.25. The van der Waals surface area contributed by atoms with Gasteiger partial charge in [0.2, 0.25) is 5.91 Å². The molecule has 2 heterocycles. The summed E-state index contributed by atoms with van der Waals surface area (Å²) in [4.78, 5) is 27.9. The van der Waals surface area contributed by atoms with Gasteiger partial charge in [0.15, 0.2) is 0 Å². The summed E-state index contributed by atoms with van der Waals surface area (Å²) in [5.74, 6) is -0.479. The van der Waals surface area contributed by atoms with Gasteiger partial charge in [0.25, 0.3) is 0 Å². The zero-order valence-corrected chi connectivity index (χ0v) is 17.3. The molecular weight excluding hydrogens is 382 g/mol. The molecule has 5 heteroatoms. The molecule has 2 atom stereocenters. The number of ether oxygens (including phenoxy) is 1. The first-order chi connectivity index (χ1) is 14.1. The maximum absolute atomic E-state index is 12.9. The summed E-state index contributed by atoms with van der Waals surface area (Å²) >= 11 is 1.57. The molecule has 4 rings (SSSR count). The van der Waals surface area contributed by atoms with E-state index < -0.39 is 5.97 Å². The second kappa shape index (κ2) is 8.29. The Balaban J connectivity index is 1.57. The molecule has 4 nitrogen and oxygen atoms in total. The van der Waals surface area contributed by atoms with Gasteiger partial charge in [-0.05, 0) is 30.5 Å². The van der Waals surface area contributed by atoms with E-state index in [2.05, 4.69) is 12.1 Å². The van der Waals surface area contributed by atoms with Gasteiger partial charge in [-0.25, -0.2) is 4.79 Å². The van der Waals surface area contributed by atoms with Crippen LogP contribution >= 0.6 is 11.8 Å². The van der Waals surface area contributed by atoms with Gasteiger partial charge < -0.3 is 4.74 Å². The molecular formula is C24H23NO3S. The summed E-state index contributed by atoms with van der Waals surface area (Å²) in [6.45, 7) is 4.24. The van der Waals surface area contributed by atoms with Crippen molar-refractivity contribution in [2.45, 2.75) is 32.2 Å². The van der Waals surface area contributed by atoms with E-state index in [0.717, 1.165) is 22.5 Å². The maximum atomic E-state index is 12.9. The zero-order chi connectivity index (χ0) is 20.4. The van der Waals surface area contributed by atoms with Crippen molar-refractivity contribution >= 4 is 29.7 Å². The number of fused-ring (bicyclic) bond motifs is 1. The lowest BCUT2D eigenvalue weighted by Crippen LogP contribution is -2.57. The van der Waals surface area contributed by atoms with Crippen LogP contribution in [0.25, 0.3) is 6.08 Å². The van der Waals surface area contributed by atoms with E-state index in [1.807, 2.05) is 68.5 Å². The second-order valence-corrected chi connectivity index (χ2v) is 8.41. The standard InChI is InChI=1S/C24H23NO3S/c1-3-19-22(26)25-21(24(27)28-15-18-7-5-4-6-8-18)20(29-23(19)25)14-13-17-11-9-16(2)10-12-17/h4-14,19,23H,3,15H2,1-2H3/b14-13+/t19-,23+/m0/s1. The van der Waals surface area contributed by atoms with Crippen molar-refractivity contribution in [1.82, 2.24) is 4.90 Å². The maximum Gasteiger partial charge on any atom is 0.356 e. The number of esters is 1. The van der Waals surface area contributed by atoms with Crippen LogP contribution in [0.2, 0.25) is 0 Å². The number of hydrogen-bond donors (Lipinski definition) is 0. The van der Waals surface area contributed by atoms with Crippen LogP contribution in [-0.2, 0) is 20.9 Å². The average Bonchev–Trinajstić information content (AvgIpc) is 3.07. The molecule has 1 fully saturated rings. The number of β-lactam (4-membered cyclic amide) rings is 1. The van der Waals surface area contributed by atoms with Crippen LogP contribution in [0.4, 0.5) is 0 Å². The summed E-state index contributed by atoms with van der Waals surface area (Å²) in [5.41, 5.74) is 3.53. The normalized spacial score (nSPS) is 20.8. The molecule has 1 amide bonds. The Morgan fingerprint density at radius 3 is 2.52 bits per heavy atom. The molecule has 2 aliphatic rings. The van der Waals surface area contributed by atoms with Crippen molar-refractivity contribution < 1.29 is 14.3 Å². The van der Waals surface area contributed by atoms with E-state index in [0.29, 0.717) is 5.70 Å². The number of thioether (sulfide) groups is 1. The predicted molar refractivity (Wildman–Crippen MR) is 115 cm³/mol. The fourth-order valence-corrected chi connectivity index (χ4v) is 5.02. The highest BCUT2D eigenvalue weighted by Crippen LogP contribution is 2.51. The van der Waals surface area contributed by atoms with Crippen molar-refractivity contribution in [2.75, 3.05) is 0 Å². The molecule has 0 aliphatic carbocycles. The fraction of sp³-hybridized carbons (Fsp3) is 0.250. The van der Waals surface area contributed by atoms with Crippen LogP contribution in [0, 0.1) is 12.8 Å². The molecule has 2 aliphatic heterocycles. The van der Waals surface area contributed by atoms with Crippen LogP contribution < -0.4 is 0 Å². The lowest BCUT2D eigenvalue weighted by Gasteiger charge is -2.42. The lowest BCUT2D eigenvalue weighted by molar-refractivity contribution is -0.154. The highest BCUT2D eigenvalue weighted by Gasteiger charge is 2.54. The monoisotopic (exact) mass is 405 g/mol. The van der Waals surface area contributed by atoms with Gasteiger partial charge >= 0.3 is 5.97 Å². The first kappa shape index (κ1) is 19.5. The van der Waals surface area contributed by atoms with E-state index in [-0.39, 0.29) is 23.8 Å². The number of allylic oxidation sites excluding steroid dienone is 1. The van der Waals surface area contributed by atoms with Gasteiger partial charge in [0, 0.05) is 4.91 Å². The van der Waals surface area contributed by atoms with E-state index in [4.69, 9.17) is 4.74 Å². The molecule has 2 aromatic carbocycles. The SMILES string of the molecule is CC[C@H]1C(=O)N2C(C(=O)OCc3ccccc3)=C(/C=C/c3ccc(C)cc3)S[C@H]12. The summed E-state index contributed by atoms with van der Waals surface area (Å²) in [7, 11) is 0. The molecule has 2 aromatic rings. The Kier molecular flexibility index (Phi) is 5.58. The fourth-order valence-electron chi connectivity index (χ4n) is 3.54. The number of amides is 1. The van der Waals surface area contributed by atoms with Crippen LogP contribution in [0.15, 0.2) is 71.3 Å². The van der Waals surface area contributed by atoms with Crippen LogP contribution in [0.3, 0.4) is 0 Å². The summed E-state index contributed by atoms with van der Waals surface area (Å²) in [6, 6.07) is 17.7. The molecule has 1 saturated heterocycles. The topological polar surface area (TPSA) is 46.6 Å². The van der Waals surface area contributed by atoms with Crippen molar-refractivity contribution in [2.24, 2.45) is 5.92 Å². The summed E-state index contributed by atoms with van der Waals surface area (Å²) in [5, 5.41) is -0.00977. The number of carbonyl (C=O) groups excluding carboxylic acids is 2. The van der Waals surface area contributed by atoms with Crippen molar-refractivity contribution in [3.05, 3.63) is 88.0 Å². The molecule has 0 unspecified atom stereocenters. The number of carbonyl (C=O) groups is 2. The van der Waals surface area contributed by atoms with E-state index in [1.165, 1.54) is 5.56 Å². The van der Waals surface area contributed by atoms with Gasteiger partial charge in [-0.15, -0.1) is 0 Å². The number of benzene rings is 2. The summed E-state index contributed by atoms with van der Waals surface area (Å²) in [6.07, 6.45) is 4.67. The number of aryl methyl sites for hydroxylation is 1. The third kappa shape index (κ3) is 3.87. The number of hydrogen-bond acceptors (Lipinski definition) is 4. The number of rotatable bonds is 6. The highest BCUT2D eigenvalue weighted by molar-refractivity contribution is 8.04. The summed E-state index contributed by atoms with van der Waals surface area (Å²) < 4.78 is 5.54. The van der Waals surface area contributed by atoms with Gasteiger partial charge in [-0.1, -0.05) is 84.9 Å². The Morgan fingerprint density at radius 2 is 1.83 bits per heavy atom. The molecule has 0 aromatic heterocycles. The van der Waals surface area contributed by atoms with Gasteiger partial charge in [-0.2, -0.15) is 0 Å². The van der Waals surface area contributed by atoms with Crippen LogP contribution in [-0.4, -0.2) is 22.2 Å². The zero-order valence-electron chi connectivity index (χ0n) is 16.5. The van der Waals surface area contributed by atoms with Crippen molar-refractivity contribution in [3.8, 4) is 0 Å². The Morgan fingerprint density at radius 1 is 1.10 bits per heavy atom. The molecule has 0 saturated carbocycles. The highest BCUT2D eigenvalue weighted by atomic mass is 32.2.